The molecule has 1 atom stereocenters. The highest BCUT2D eigenvalue weighted by atomic mass is 32.2. The van der Waals surface area contributed by atoms with E-state index in [1.54, 1.807) is 18.2 Å². The number of carbonyl (C=O) groups excluding carboxylic acids is 1. The number of anilines is 1. The SMILES string of the molecule is CC(C)COC(=O)[C@H]1CCc2cc(NS(=O)(=O)c3ccc(-n4nnn(CCCC5CCCCC5)c4=O)cc3)ccc2O1. The van der Waals surface area contributed by atoms with Gasteiger partial charge in [0.05, 0.1) is 17.2 Å². The maximum absolute atomic E-state index is 13.1. The Labute approximate surface area is 246 Å². The monoisotopic (exact) mass is 597 g/mol. The van der Waals surface area contributed by atoms with Gasteiger partial charge in [0.1, 0.15) is 5.75 Å². The van der Waals surface area contributed by atoms with E-state index in [0.717, 1.165) is 24.3 Å². The molecule has 11 nitrogen and oxygen atoms in total. The molecule has 2 aromatic carbocycles. The molecule has 2 heterocycles. The number of ether oxygens (including phenoxy) is 2. The van der Waals surface area contributed by atoms with Gasteiger partial charge in [-0.2, -0.15) is 9.36 Å². The molecular weight excluding hydrogens is 558 g/mol. The molecule has 0 amide bonds. The van der Waals surface area contributed by atoms with E-state index in [-0.39, 0.29) is 22.5 Å². The molecule has 0 spiro atoms. The van der Waals surface area contributed by atoms with E-state index in [4.69, 9.17) is 9.47 Å². The molecule has 0 unspecified atom stereocenters. The summed E-state index contributed by atoms with van der Waals surface area (Å²) in [6.45, 7) is 4.79. The van der Waals surface area contributed by atoms with Crippen LogP contribution in [-0.2, 0) is 32.5 Å². The zero-order valence-corrected chi connectivity index (χ0v) is 25.0. The van der Waals surface area contributed by atoms with Crippen LogP contribution >= 0.6 is 0 Å². The largest absolute Gasteiger partial charge is 0.478 e. The molecule has 3 aromatic rings. The van der Waals surface area contributed by atoms with E-state index < -0.39 is 16.1 Å². The fourth-order valence-corrected chi connectivity index (χ4v) is 6.57. The number of nitrogens with one attached hydrogen (secondary N) is 1. The lowest BCUT2D eigenvalue weighted by Gasteiger charge is -2.25. The van der Waals surface area contributed by atoms with Gasteiger partial charge in [-0.05, 0) is 96.0 Å². The van der Waals surface area contributed by atoms with Crippen LogP contribution in [-0.4, -0.2) is 46.9 Å². The summed E-state index contributed by atoms with van der Waals surface area (Å²) in [7, 11) is -3.90. The summed E-state index contributed by atoms with van der Waals surface area (Å²) in [6, 6.07) is 10.9. The number of rotatable bonds is 11. The van der Waals surface area contributed by atoms with Crippen molar-refractivity contribution in [2.24, 2.45) is 11.8 Å². The highest BCUT2D eigenvalue weighted by Gasteiger charge is 2.28. The lowest BCUT2D eigenvalue weighted by atomic mass is 9.86. The molecule has 5 rings (SSSR count). The number of fused-ring (bicyclic) bond motifs is 1. The second kappa shape index (κ2) is 13.1. The van der Waals surface area contributed by atoms with Crippen molar-refractivity contribution in [1.82, 2.24) is 19.8 Å². The average Bonchev–Trinajstić information content (AvgIpc) is 3.35. The average molecular weight is 598 g/mol. The van der Waals surface area contributed by atoms with E-state index in [0.29, 0.717) is 43.1 Å². The molecule has 1 aliphatic heterocycles. The lowest BCUT2D eigenvalue weighted by Crippen LogP contribution is -2.33. The molecule has 1 N–H and O–H groups in total. The predicted molar refractivity (Wildman–Crippen MR) is 157 cm³/mol. The van der Waals surface area contributed by atoms with Crippen molar-refractivity contribution in [1.29, 1.82) is 0 Å². The Morgan fingerprint density at radius 3 is 2.57 bits per heavy atom. The molecule has 42 heavy (non-hydrogen) atoms. The fourth-order valence-electron chi connectivity index (χ4n) is 5.52. The number of aromatic nitrogens is 4. The number of tetrazole rings is 1. The van der Waals surface area contributed by atoms with Gasteiger partial charge >= 0.3 is 11.7 Å². The van der Waals surface area contributed by atoms with Gasteiger partial charge in [0.2, 0.25) is 0 Å². The summed E-state index contributed by atoms with van der Waals surface area (Å²) in [4.78, 5) is 25.2. The minimum atomic E-state index is -3.90. The molecule has 1 aromatic heterocycles. The Balaban J connectivity index is 1.19. The lowest BCUT2D eigenvalue weighted by molar-refractivity contribution is -0.153. The van der Waals surface area contributed by atoms with Crippen molar-refractivity contribution in [2.75, 3.05) is 11.3 Å². The third-order valence-corrected chi connectivity index (χ3v) is 9.21. The smallest absolute Gasteiger partial charge is 0.368 e. The maximum Gasteiger partial charge on any atom is 0.368 e. The first-order valence-corrected chi connectivity index (χ1v) is 16.3. The first-order chi connectivity index (χ1) is 20.2. The number of hydrogen-bond donors (Lipinski definition) is 1. The van der Waals surface area contributed by atoms with Gasteiger partial charge in [0.15, 0.2) is 6.10 Å². The molecule has 0 radical (unpaired) electrons. The summed E-state index contributed by atoms with van der Waals surface area (Å²) in [5.41, 5.74) is 1.28. The zero-order valence-electron chi connectivity index (χ0n) is 24.2. The molecular formula is C30H39N5O6S. The third kappa shape index (κ3) is 7.21. The number of hydrogen-bond acceptors (Lipinski definition) is 8. The Bertz CT molecular complexity index is 1540. The van der Waals surface area contributed by atoms with E-state index in [1.165, 1.54) is 65.7 Å². The van der Waals surface area contributed by atoms with Gasteiger partial charge in [0, 0.05) is 12.2 Å². The van der Waals surface area contributed by atoms with Crippen LogP contribution in [0.4, 0.5) is 5.69 Å². The van der Waals surface area contributed by atoms with E-state index in [2.05, 4.69) is 15.1 Å². The summed E-state index contributed by atoms with van der Waals surface area (Å²) in [5.74, 6) is 1.12. The molecule has 0 saturated heterocycles. The number of carbonyl (C=O) groups is 1. The maximum atomic E-state index is 13.1. The molecule has 226 valence electrons. The molecule has 1 fully saturated rings. The molecule has 12 heteroatoms. The predicted octanol–water partition coefficient (Wildman–Crippen LogP) is 4.48. The highest BCUT2D eigenvalue weighted by molar-refractivity contribution is 7.92. The summed E-state index contributed by atoms with van der Waals surface area (Å²) in [6.07, 6.45) is 8.75. The number of benzene rings is 2. The Morgan fingerprint density at radius 1 is 1.07 bits per heavy atom. The standard InChI is InChI=1S/C30H39N5O6S/c1-21(2)20-40-29(36)28-16-10-23-19-24(11-17-27(23)41-28)31-42(38,39)26-14-12-25(13-15-26)35-30(37)34(32-33-35)18-6-9-22-7-4-3-5-8-22/h11-15,17,19,21-22,28,31H,3-10,16,18,20H2,1-2H3/t28-/m1/s1. The normalized spacial score (nSPS) is 17.5. The van der Waals surface area contributed by atoms with Gasteiger partial charge in [-0.25, -0.2) is 18.0 Å². The molecule has 1 saturated carbocycles. The topological polar surface area (TPSA) is 134 Å². The first kappa shape index (κ1) is 29.8. The van der Waals surface area contributed by atoms with Gasteiger partial charge in [-0.15, -0.1) is 0 Å². The summed E-state index contributed by atoms with van der Waals surface area (Å²) in [5, 5.41) is 8.02. The van der Waals surface area contributed by atoms with Crippen LogP contribution in [0.5, 0.6) is 5.75 Å². The van der Waals surface area contributed by atoms with Gasteiger partial charge in [-0.1, -0.05) is 46.0 Å². The molecule has 1 aliphatic carbocycles. The van der Waals surface area contributed by atoms with Gasteiger partial charge in [-0.3, -0.25) is 4.72 Å². The summed E-state index contributed by atoms with van der Waals surface area (Å²) < 4.78 is 42.5. The molecule has 0 bridgehead atoms. The van der Waals surface area contributed by atoms with Crippen molar-refractivity contribution in [3.8, 4) is 11.4 Å². The molecule has 2 aliphatic rings. The zero-order chi connectivity index (χ0) is 29.7. The van der Waals surface area contributed by atoms with Crippen LogP contribution in [0.25, 0.3) is 5.69 Å². The number of sulfonamides is 1. The number of esters is 1. The van der Waals surface area contributed by atoms with Crippen LogP contribution in [0.2, 0.25) is 0 Å². The van der Waals surface area contributed by atoms with Crippen molar-refractivity contribution in [3.63, 3.8) is 0 Å². The van der Waals surface area contributed by atoms with Crippen molar-refractivity contribution < 1.29 is 22.7 Å². The van der Waals surface area contributed by atoms with Crippen molar-refractivity contribution >= 4 is 21.7 Å². The van der Waals surface area contributed by atoms with Crippen LogP contribution < -0.4 is 15.1 Å². The van der Waals surface area contributed by atoms with Crippen LogP contribution in [0, 0.1) is 11.8 Å². The van der Waals surface area contributed by atoms with Crippen LogP contribution in [0.3, 0.4) is 0 Å². The Morgan fingerprint density at radius 2 is 1.83 bits per heavy atom. The van der Waals surface area contributed by atoms with Crippen molar-refractivity contribution in [2.45, 2.75) is 89.2 Å². The van der Waals surface area contributed by atoms with Crippen LogP contribution in [0.1, 0.15) is 70.8 Å². The number of aryl methyl sites for hydroxylation is 2. The van der Waals surface area contributed by atoms with Crippen LogP contribution in [0.15, 0.2) is 52.2 Å². The minimum absolute atomic E-state index is 0.0427. The number of nitrogens with zero attached hydrogens (tertiary/aromatic N) is 4. The fraction of sp³-hybridized carbons (Fsp3) is 0.533. The first-order valence-electron chi connectivity index (χ1n) is 14.8. The van der Waals surface area contributed by atoms with Gasteiger partial charge < -0.3 is 9.47 Å². The minimum Gasteiger partial charge on any atom is -0.478 e. The van der Waals surface area contributed by atoms with E-state index in [1.807, 2.05) is 13.8 Å². The van der Waals surface area contributed by atoms with Crippen molar-refractivity contribution in [3.05, 3.63) is 58.5 Å². The highest BCUT2D eigenvalue weighted by Crippen LogP contribution is 2.31. The second-order valence-electron chi connectivity index (χ2n) is 11.6. The van der Waals surface area contributed by atoms with E-state index in [9.17, 15) is 18.0 Å². The summed E-state index contributed by atoms with van der Waals surface area (Å²) >= 11 is 0. The quantitative estimate of drug-likeness (QED) is 0.320. The third-order valence-electron chi connectivity index (χ3n) is 7.82. The Hall–Kier alpha value is -3.67. The Kier molecular flexibility index (Phi) is 9.30. The van der Waals surface area contributed by atoms with Gasteiger partial charge in [0.25, 0.3) is 10.0 Å². The second-order valence-corrected chi connectivity index (χ2v) is 13.3. The van der Waals surface area contributed by atoms with E-state index >= 15 is 0 Å².